The Balaban J connectivity index is 3.05. The summed E-state index contributed by atoms with van der Waals surface area (Å²) in [5.74, 6) is -4.93. The maximum Gasteiger partial charge on any atom is 0.321 e. The number of carboxylic acid groups (broad SMARTS) is 4. The molecule has 15 heteroatoms. The zero-order chi connectivity index (χ0) is 28.5. The molecule has 0 bridgehead atoms. The van der Waals surface area contributed by atoms with Crippen LogP contribution in [0.1, 0.15) is 25.7 Å². The number of aliphatic carboxylic acids is 4. The minimum absolute atomic E-state index is 0.00739. The lowest BCUT2D eigenvalue weighted by atomic mass is 10.1. The van der Waals surface area contributed by atoms with Crippen LogP contribution in [-0.4, -0.2) is 161 Å². The van der Waals surface area contributed by atoms with Crippen molar-refractivity contribution in [3.8, 4) is 0 Å². The van der Waals surface area contributed by atoms with E-state index in [0.29, 0.717) is 19.6 Å². The molecule has 0 aromatic carbocycles. The van der Waals surface area contributed by atoms with Gasteiger partial charge in [-0.05, 0) is 19.4 Å². The lowest BCUT2D eigenvalue weighted by Crippen LogP contribution is -2.52. The molecule has 0 aromatic rings. The number of hydrogen-bond donors (Lipinski definition) is 6. The first-order chi connectivity index (χ1) is 18.0. The standard InChI is InChI=1S/C23H42N6O9/c24-4-2-1-3-5-25-19(30)15-26-6-7-27(16-21(33)34)8-9-28(17-22(35)36)11-13-29(12-10-26)18(23(37)38)14-20(31)32/h18H,1-17,24H2,(H,25,30)(H,31,32)(H,33,34)(H,35,36)(H,37,38). The first-order valence-corrected chi connectivity index (χ1v) is 12.8. The summed E-state index contributed by atoms with van der Waals surface area (Å²) in [7, 11) is 0. The van der Waals surface area contributed by atoms with Crippen LogP contribution in [0.25, 0.3) is 0 Å². The first kappa shape index (κ1) is 33.2. The summed E-state index contributed by atoms with van der Waals surface area (Å²) in [4.78, 5) is 65.1. The van der Waals surface area contributed by atoms with Crippen molar-refractivity contribution in [3.63, 3.8) is 0 Å². The van der Waals surface area contributed by atoms with E-state index in [-0.39, 0.29) is 71.4 Å². The van der Waals surface area contributed by atoms with Crippen LogP contribution in [0.15, 0.2) is 0 Å². The van der Waals surface area contributed by atoms with Crippen LogP contribution in [0, 0.1) is 0 Å². The molecule has 1 rings (SSSR count). The fourth-order valence-electron chi connectivity index (χ4n) is 4.19. The summed E-state index contributed by atoms with van der Waals surface area (Å²) < 4.78 is 0. The van der Waals surface area contributed by atoms with Crippen molar-refractivity contribution in [1.82, 2.24) is 24.9 Å². The Hall–Kier alpha value is -2.85. The number of carboxylic acids is 4. The van der Waals surface area contributed by atoms with Crippen molar-refractivity contribution < 1.29 is 44.4 Å². The zero-order valence-electron chi connectivity index (χ0n) is 21.8. The second kappa shape index (κ2) is 18.4. The van der Waals surface area contributed by atoms with E-state index in [4.69, 9.17) is 5.73 Å². The van der Waals surface area contributed by atoms with Gasteiger partial charge in [-0.2, -0.15) is 0 Å². The second-order valence-electron chi connectivity index (χ2n) is 9.30. The van der Waals surface area contributed by atoms with E-state index in [1.807, 2.05) is 0 Å². The number of nitrogens with one attached hydrogen (secondary N) is 1. The van der Waals surface area contributed by atoms with Crippen LogP contribution in [0.3, 0.4) is 0 Å². The number of hydrogen-bond acceptors (Lipinski definition) is 10. The van der Waals surface area contributed by atoms with Crippen molar-refractivity contribution >= 4 is 29.8 Å². The van der Waals surface area contributed by atoms with Crippen molar-refractivity contribution in [3.05, 3.63) is 0 Å². The summed E-state index contributed by atoms with van der Waals surface area (Å²) >= 11 is 0. The van der Waals surface area contributed by atoms with Crippen LogP contribution in [0.5, 0.6) is 0 Å². The van der Waals surface area contributed by atoms with Gasteiger partial charge in [-0.1, -0.05) is 6.42 Å². The average molecular weight is 547 g/mol. The summed E-state index contributed by atoms with van der Waals surface area (Å²) in [6.07, 6.45) is 1.90. The van der Waals surface area contributed by atoms with Gasteiger partial charge >= 0.3 is 23.9 Å². The van der Waals surface area contributed by atoms with Crippen molar-refractivity contribution in [1.29, 1.82) is 0 Å². The van der Waals surface area contributed by atoms with E-state index >= 15 is 0 Å². The van der Waals surface area contributed by atoms with Gasteiger partial charge < -0.3 is 31.5 Å². The molecule has 0 radical (unpaired) electrons. The van der Waals surface area contributed by atoms with Crippen LogP contribution >= 0.6 is 0 Å². The topological polar surface area (TPSA) is 217 Å². The van der Waals surface area contributed by atoms with E-state index in [0.717, 1.165) is 19.3 Å². The lowest BCUT2D eigenvalue weighted by Gasteiger charge is -2.35. The predicted octanol–water partition coefficient (Wildman–Crippen LogP) is -2.45. The van der Waals surface area contributed by atoms with Crippen LogP contribution in [0.4, 0.5) is 0 Å². The Morgan fingerprint density at radius 3 is 1.55 bits per heavy atom. The Kier molecular flexibility index (Phi) is 16.1. The summed E-state index contributed by atoms with van der Waals surface area (Å²) in [5, 5.41) is 40.4. The highest BCUT2D eigenvalue weighted by Crippen LogP contribution is 2.09. The van der Waals surface area contributed by atoms with Gasteiger partial charge in [-0.15, -0.1) is 0 Å². The molecular weight excluding hydrogens is 504 g/mol. The van der Waals surface area contributed by atoms with Crippen LogP contribution in [-0.2, 0) is 24.0 Å². The van der Waals surface area contributed by atoms with Gasteiger partial charge in [0.1, 0.15) is 6.04 Å². The van der Waals surface area contributed by atoms with E-state index in [1.54, 1.807) is 14.7 Å². The first-order valence-electron chi connectivity index (χ1n) is 12.8. The maximum absolute atomic E-state index is 12.6. The van der Waals surface area contributed by atoms with E-state index in [1.165, 1.54) is 4.90 Å². The molecule has 0 saturated carbocycles. The fourth-order valence-corrected chi connectivity index (χ4v) is 4.19. The smallest absolute Gasteiger partial charge is 0.321 e. The third-order valence-corrected chi connectivity index (χ3v) is 6.25. The molecular formula is C23H42N6O9. The highest BCUT2D eigenvalue weighted by molar-refractivity contribution is 5.80. The molecule has 1 aliphatic rings. The molecule has 1 fully saturated rings. The number of nitrogens with zero attached hydrogens (tertiary/aromatic N) is 4. The van der Waals surface area contributed by atoms with Gasteiger partial charge in [0.05, 0.1) is 26.1 Å². The average Bonchev–Trinajstić information content (AvgIpc) is 2.81. The quantitative estimate of drug-likeness (QED) is 0.118. The van der Waals surface area contributed by atoms with Crippen LogP contribution < -0.4 is 11.1 Å². The number of nitrogens with two attached hydrogens (primary N) is 1. The number of carbonyl (C=O) groups excluding carboxylic acids is 1. The summed E-state index contributed by atoms with van der Waals surface area (Å²) in [5.41, 5.74) is 5.48. The van der Waals surface area contributed by atoms with E-state index in [2.05, 4.69) is 5.32 Å². The van der Waals surface area contributed by atoms with Gasteiger partial charge in [0.2, 0.25) is 5.91 Å². The molecule has 1 heterocycles. The van der Waals surface area contributed by atoms with Gasteiger partial charge in [-0.25, -0.2) is 0 Å². The number of rotatable bonds is 15. The van der Waals surface area contributed by atoms with E-state index < -0.39 is 36.3 Å². The Morgan fingerprint density at radius 2 is 1.13 bits per heavy atom. The highest BCUT2D eigenvalue weighted by atomic mass is 16.4. The molecule has 38 heavy (non-hydrogen) atoms. The van der Waals surface area contributed by atoms with Crippen molar-refractivity contribution in [2.24, 2.45) is 5.73 Å². The van der Waals surface area contributed by atoms with Gasteiger partial charge in [0.15, 0.2) is 0 Å². The molecule has 0 aromatic heterocycles. The van der Waals surface area contributed by atoms with Gasteiger partial charge in [0, 0.05) is 58.9 Å². The molecule has 15 nitrogen and oxygen atoms in total. The SMILES string of the molecule is NCCCCCNC(=O)CN1CCN(CC(=O)O)CCN(CC(=O)O)CCN(C(CC(=O)O)C(=O)O)CC1. The summed E-state index contributed by atoms with van der Waals surface area (Å²) in [6, 6.07) is -1.33. The lowest BCUT2D eigenvalue weighted by molar-refractivity contribution is -0.150. The zero-order valence-corrected chi connectivity index (χ0v) is 21.8. The molecule has 1 saturated heterocycles. The molecule has 1 unspecified atom stereocenters. The molecule has 0 spiro atoms. The van der Waals surface area contributed by atoms with Crippen LogP contribution in [0.2, 0.25) is 0 Å². The highest BCUT2D eigenvalue weighted by Gasteiger charge is 2.29. The van der Waals surface area contributed by atoms with E-state index in [9.17, 15) is 44.4 Å². The molecule has 7 N–H and O–H groups in total. The summed E-state index contributed by atoms with van der Waals surface area (Å²) in [6.45, 7) is 2.11. The molecule has 218 valence electrons. The number of unbranched alkanes of at least 4 members (excludes halogenated alkanes) is 2. The molecule has 1 aliphatic heterocycles. The normalized spacial score (nSPS) is 18.1. The van der Waals surface area contributed by atoms with Crippen molar-refractivity contribution in [2.75, 3.05) is 85.1 Å². The fraction of sp³-hybridized carbons (Fsp3) is 0.783. The Labute approximate surface area is 222 Å². The maximum atomic E-state index is 12.6. The monoisotopic (exact) mass is 546 g/mol. The largest absolute Gasteiger partial charge is 0.481 e. The molecule has 0 aliphatic carbocycles. The third-order valence-electron chi connectivity index (χ3n) is 6.25. The number of carbonyl (C=O) groups is 5. The Morgan fingerprint density at radius 1 is 0.658 bits per heavy atom. The van der Waals surface area contributed by atoms with Gasteiger partial charge in [-0.3, -0.25) is 43.6 Å². The van der Waals surface area contributed by atoms with Crippen molar-refractivity contribution in [2.45, 2.75) is 31.7 Å². The minimum atomic E-state index is -1.33. The second-order valence-corrected chi connectivity index (χ2v) is 9.30. The predicted molar refractivity (Wildman–Crippen MR) is 136 cm³/mol. The molecule has 1 atom stereocenters. The minimum Gasteiger partial charge on any atom is -0.481 e. The number of amides is 1. The third kappa shape index (κ3) is 14.8. The van der Waals surface area contributed by atoms with Gasteiger partial charge in [0.25, 0.3) is 0 Å². The Bertz CT molecular complexity index is 784. The molecule has 1 amide bonds.